The molecule has 3 aliphatic heterocycles. The smallest absolute Gasteiger partial charge is 0.260 e. The van der Waals surface area contributed by atoms with Gasteiger partial charge in [0.25, 0.3) is 5.91 Å². The van der Waals surface area contributed by atoms with Gasteiger partial charge in [0, 0.05) is 30.9 Å². The van der Waals surface area contributed by atoms with Crippen molar-refractivity contribution in [2.24, 2.45) is 0 Å². The highest BCUT2D eigenvalue weighted by Gasteiger charge is 2.38. The number of carbonyl (C=O) groups is 1. The molecule has 2 atom stereocenters. The molecule has 1 aromatic rings. The van der Waals surface area contributed by atoms with E-state index in [-0.39, 0.29) is 36.6 Å². The first kappa shape index (κ1) is 20.5. The molecular weight excluding hydrogens is 396 g/mol. The van der Waals surface area contributed by atoms with Gasteiger partial charge in [-0.2, -0.15) is 0 Å². The Hall–Kier alpha value is -1.78. The van der Waals surface area contributed by atoms with Crippen LogP contribution < -0.4 is 9.46 Å². The van der Waals surface area contributed by atoms with Gasteiger partial charge in [-0.25, -0.2) is 18.1 Å². The maximum absolute atomic E-state index is 13.0. The van der Waals surface area contributed by atoms with Crippen LogP contribution in [0.5, 0.6) is 5.88 Å². The molecule has 4 aliphatic rings. The first-order chi connectivity index (χ1) is 13.9. The molecule has 1 aromatic heterocycles. The summed E-state index contributed by atoms with van der Waals surface area (Å²) in [7, 11) is -3.39. The van der Waals surface area contributed by atoms with E-state index in [0.29, 0.717) is 25.5 Å². The van der Waals surface area contributed by atoms with Crippen LogP contribution in [0.4, 0.5) is 0 Å². The van der Waals surface area contributed by atoms with Gasteiger partial charge >= 0.3 is 0 Å². The predicted molar refractivity (Wildman–Crippen MR) is 105 cm³/mol. The van der Waals surface area contributed by atoms with Crippen LogP contribution in [-0.2, 0) is 19.6 Å². The topological polar surface area (TPSA) is 111 Å². The number of carbonyl (C=O) groups excluding carboxylic acids is 1. The average molecular weight is 425 g/mol. The lowest BCUT2D eigenvalue weighted by Gasteiger charge is -2.41. The molecule has 9 nitrogen and oxygen atoms in total. The van der Waals surface area contributed by atoms with E-state index in [9.17, 15) is 13.2 Å². The SMILES string of the molecule is CS(=O)(=O)N[C@H]1CCCN2C(=O)COc3nccnc3C3CCC(CC3)OCC12. The first-order valence-electron chi connectivity index (χ1n) is 10.2. The van der Waals surface area contributed by atoms with Gasteiger partial charge in [0.05, 0.1) is 25.0 Å². The van der Waals surface area contributed by atoms with Gasteiger partial charge in [0.2, 0.25) is 15.9 Å². The first-order valence-corrected chi connectivity index (χ1v) is 12.1. The van der Waals surface area contributed by atoms with Crippen molar-refractivity contribution in [3.8, 4) is 5.88 Å². The highest BCUT2D eigenvalue weighted by atomic mass is 32.2. The molecule has 0 radical (unpaired) electrons. The Morgan fingerprint density at radius 3 is 2.66 bits per heavy atom. The van der Waals surface area contributed by atoms with Gasteiger partial charge in [-0.1, -0.05) is 0 Å². The Bertz CT molecular complexity index is 841. The monoisotopic (exact) mass is 424 g/mol. The molecule has 29 heavy (non-hydrogen) atoms. The highest BCUT2D eigenvalue weighted by Crippen LogP contribution is 2.37. The van der Waals surface area contributed by atoms with Gasteiger partial charge < -0.3 is 14.4 Å². The van der Waals surface area contributed by atoms with Crippen molar-refractivity contribution in [2.45, 2.75) is 62.6 Å². The highest BCUT2D eigenvalue weighted by molar-refractivity contribution is 7.88. The summed E-state index contributed by atoms with van der Waals surface area (Å²) >= 11 is 0. The van der Waals surface area contributed by atoms with Crippen molar-refractivity contribution in [2.75, 3.05) is 26.0 Å². The van der Waals surface area contributed by atoms with Gasteiger partial charge in [-0.15, -0.1) is 0 Å². The molecule has 1 saturated carbocycles. The third kappa shape index (κ3) is 4.87. The van der Waals surface area contributed by atoms with Crippen molar-refractivity contribution in [3.63, 3.8) is 0 Å². The van der Waals surface area contributed by atoms with Crippen molar-refractivity contribution in [3.05, 3.63) is 18.1 Å². The molecule has 160 valence electrons. The summed E-state index contributed by atoms with van der Waals surface area (Å²) < 4.78 is 38.4. The van der Waals surface area contributed by atoms with Crippen LogP contribution in [0.1, 0.15) is 50.1 Å². The minimum Gasteiger partial charge on any atom is -0.466 e. The van der Waals surface area contributed by atoms with Crippen molar-refractivity contribution in [1.82, 2.24) is 19.6 Å². The molecule has 4 heterocycles. The van der Waals surface area contributed by atoms with Crippen molar-refractivity contribution < 1.29 is 22.7 Å². The number of sulfonamides is 1. The maximum atomic E-state index is 13.0. The fourth-order valence-electron chi connectivity index (χ4n) is 4.66. The molecule has 1 unspecified atom stereocenters. The Kier molecular flexibility index (Phi) is 6.03. The number of amides is 1. The van der Waals surface area contributed by atoms with Gasteiger partial charge in [0.1, 0.15) is 5.69 Å². The standard InChI is InChI=1S/C19H28N4O5S/c1-29(25,26)22-15-3-2-10-23-16(15)11-27-14-6-4-13(5-7-14)18-19(21-9-8-20-18)28-12-17(23)24/h8-9,13-16,22H,2-7,10-12H2,1H3/t13?,14?,15-,16?/m0/s1. The minimum absolute atomic E-state index is 0.103. The molecule has 5 rings (SSSR count). The molecule has 1 N–H and O–H groups in total. The van der Waals surface area contributed by atoms with Crippen molar-refractivity contribution >= 4 is 15.9 Å². The van der Waals surface area contributed by atoms with Crippen LogP contribution >= 0.6 is 0 Å². The van der Waals surface area contributed by atoms with E-state index >= 15 is 0 Å². The summed E-state index contributed by atoms with van der Waals surface area (Å²) in [6, 6.07) is -0.717. The quantitative estimate of drug-likeness (QED) is 0.748. The lowest BCUT2D eigenvalue weighted by molar-refractivity contribution is -0.140. The molecule has 0 aromatic carbocycles. The van der Waals surface area contributed by atoms with Crippen LogP contribution in [0.2, 0.25) is 0 Å². The van der Waals surface area contributed by atoms with Gasteiger partial charge in [-0.3, -0.25) is 9.78 Å². The number of ether oxygens (including phenoxy) is 2. The Morgan fingerprint density at radius 1 is 1.14 bits per heavy atom. The summed E-state index contributed by atoms with van der Waals surface area (Å²) in [5, 5.41) is 0. The largest absolute Gasteiger partial charge is 0.466 e. The zero-order valence-corrected chi connectivity index (χ0v) is 17.4. The fourth-order valence-corrected chi connectivity index (χ4v) is 5.49. The van der Waals surface area contributed by atoms with E-state index in [2.05, 4.69) is 14.7 Å². The van der Waals surface area contributed by atoms with E-state index in [1.165, 1.54) is 0 Å². The number of hydrogen-bond donors (Lipinski definition) is 1. The number of piperidine rings is 1. The normalized spacial score (nSPS) is 30.9. The van der Waals surface area contributed by atoms with Crippen molar-refractivity contribution in [1.29, 1.82) is 0 Å². The number of nitrogens with zero attached hydrogens (tertiary/aromatic N) is 3. The van der Waals surface area contributed by atoms with Gasteiger partial charge in [0.15, 0.2) is 6.61 Å². The molecule has 0 spiro atoms. The van der Waals surface area contributed by atoms with E-state index in [1.54, 1.807) is 17.3 Å². The number of nitrogens with one attached hydrogen (secondary N) is 1. The van der Waals surface area contributed by atoms with Crippen LogP contribution in [0.25, 0.3) is 0 Å². The van der Waals surface area contributed by atoms with Crippen LogP contribution in [0, 0.1) is 0 Å². The molecule has 1 saturated heterocycles. The summed E-state index contributed by atoms with van der Waals surface area (Å²) in [6.07, 6.45) is 9.51. The summed E-state index contributed by atoms with van der Waals surface area (Å²) in [5.74, 6) is 0.474. The van der Waals surface area contributed by atoms with Gasteiger partial charge in [-0.05, 0) is 38.5 Å². The lowest BCUT2D eigenvalue weighted by Crippen LogP contribution is -2.59. The van der Waals surface area contributed by atoms with Crippen LogP contribution in [0.3, 0.4) is 0 Å². The van der Waals surface area contributed by atoms with E-state index in [1.807, 2.05) is 0 Å². The summed E-state index contributed by atoms with van der Waals surface area (Å²) in [5.41, 5.74) is 0.810. The zero-order valence-electron chi connectivity index (χ0n) is 16.6. The van der Waals surface area contributed by atoms with Crippen LogP contribution in [0.15, 0.2) is 12.4 Å². The predicted octanol–water partition coefficient (Wildman–Crippen LogP) is 0.821. The fraction of sp³-hybridized carbons (Fsp3) is 0.737. The van der Waals surface area contributed by atoms with E-state index < -0.39 is 10.0 Å². The Balaban J connectivity index is 1.61. The van der Waals surface area contributed by atoms with Crippen LogP contribution in [-0.4, -0.2) is 73.4 Å². The third-order valence-corrected chi connectivity index (χ3v) is 6.78. The second-order valence-electron chi connectivity index (χ2n) is 8.14. The average Bonchev–Trinajstić information content (AvgIpc) is 2.71. The summed E-state index contributed by atoms with van der Waals surface area (Å²) in [4.78, 5) is 23.5. The number of fused-ring (bicyclic) bond motifs is 5. The second kappa shape index (κ2) is 8.53. The molecular formula is C19H28N4O5S. The number of hydrogen-bond acceptors (Lipinski definition) is 7. The molecule has 1 aliphatic carbocycles. The Morgan fingerprint density at radius 2 is 1.90 bits per heavy atom. The molecule has 2 bridgehead atoms. The zero-order chi connectivity index (χ0) is 20.4. The molecule has 1 amide bonds. The maximum Gasteiger partial charge on any atom is 0.260 e. The number of aromatic nitrogens is 2. The summed E-state index contributed by atoms with van der Waals surface area (Å²) in [6.45, 7) is 0.723. The van der Waals surface area contributed by atoms with E-state index in [0.717, 1.165) is 44.1 Å². The lowest BCUT2D eigenvalue weighted by atomic mass is 9.85. The molecule has 2 fully saturated rings. The second-order valence-corrected chi connectivity index (χ2v) is 9.92. The van der Waals surface area contributed by atoms with E-state index in [4.69, 9.17) is 9.47 Å². The minimum atomic E-state index is -3.39. The Labute approximate surface area is 171 Å². The number of rotatable bonds is 2. The molecule has 10 heteroatoms. The third-order valence-electron chi connectivity index (χ3n) is 6.05.